The summed E-state index contributed by atoms with van der Waals surface area (Å²) in [6, 6.07) is 17.3. The number of benzene rings is 2. The molecule has 3 rings (SSSR count). The molecular formula is C24H29N3O5. The van der Waals surface area contributed by atoms with E-state index in [9.17, 15) is 14.4 Å². The first-order chi connectivity index (χ1) is 15.1. The molecule has 8 nitrogen and oxygen atoms in total. The van der Waals surface area contributed by atoms with Crippen molar-refractivity contribution in [1.29, 1.82) is 0 Å². The van der Waals surface area contributed by atoms with Gasteiger partial charge in [0, 0.05) is 0 Å². The zero-order valence-corrected chi connectivity index (χ0v) is 18.7. The summed E-state index contributed by atoms with van der Waals surface area (Å²) in [5, 5.41) is 8.04. The number of hydrogen-bond acceptors (Lipinski definition) is 5. The largest absolute Gasteiger partial charge is 0.468 e. The molecule has 1 saturated heterocycles. The van der Waals surface area contributed by atoms with E-state index in [1.807, 2.05) is 69.3 Å². The molecule has 3 N–H and O–H groups in total. The number of rotatable bonds is 7. The van der Waals surface area contributed by atoms with Crippen LogP contribution in [0.15, 0.2) is 60.7 Å². The summed E-state index contributed by atoms with van der Waals surface area (Å²) in [5.74, 6) is -0.302. The summed E-state index contributed by atoms with van der Waals surface area (Å²) < 4.78 is 11.0. The average molecular weight is 440 g/mol. The molecule has 2 aromatic carbocycles. The Kier molecular flexibility index (Phi) is 6.72. The molecule has 170 valence electrons. The second kappa shape index (κ2) is 9.30. The minimum atomic E-state index is -1.35. The Bertz CT molecular complexity index is 959. The van der Waals surface area contributed by atoms with E-state index in [0.29, 0.717) is 5.75 Å². The van der Waals surface area contributed by atoms with Crippen LogP contribution in [0.5, 0.6) is 5.75 Å². The maximum absolute atomic E-state index is 13.3. The van der Waals surface area contributed by atoms with Crippen LogP contribution in [0.25, 0.3) is 0 Å². The third-order valence-electron chi connectivity index (χ3n) is 5.68. The van der Waals surface area contributed by atoms with Gasteiger partial charge in [-0.3, -0.25) is 9.59 Å². The number of hydrogen-bond donors (Lipinski definition) is 3. The lowest BCUT2D eigenvalue weighted by atomic mass is 9.74. The maximum atomic E-state index is 13.3. The van der Waals surface area contributed by atoms with Gasteiger partial charge in [0.2, 0.25) is 12.1 Å². The molecular weight excluding hydrogens is 410 g/mol. The number of nitrogens with one attached hydrogen (secondary N) is 3. The van der Waals surface area contributed by atoms with Crippen LogP contribution in [0, 0.1) is 5.41 Å². The molecule has 1 fully saturated rings. The molecule has 0 radical (unpaired) electrons. The SMILES string of the molecule is CC(C)(C)[C@](C)(NC(=O)OCc1ccccc1)C(=O)N[C@@H]1C(=O)N[C@H]1Oc1ccccc1. The van der Waals surface area contributed by atoms with Crippen molar-refractivity contribution in [2.45, 2.75) is 52.1 Å². The molecule has 3 amide bonds. The third-order valence-corrected chi connectivity index (χ3v) is 5.68. The molecule has 0 saturated carbocycles. The van der Waals surface area contributed by atoms with Gasteiger partial charge < -0.3 is 25.4 Å². The molecule has 1 aliphatic heterocycles. The number of carbonyl (C=O) groups is 3. The lowest BCUT2D eigenvalue weighted by Crippen LogP contribution is -2.74. The minimum absolute atomic E-state index is 0.0759. The second-order valence-electron chi connectivity index (χ2n) is 8.87. The quantitative estimate of drug-likeness (QED) is 0.576. The number of ether oxygens (including phenoxy) is 2. The molecule has 0 aromatic heterocycles. The molecule has 32 heavy (non-hydrogen) atoms. The fourth-order valence-electron chi connectivity index (χ4n) is 3.07. The Balaban J connectivity index is 1.65. The first-order valence-electron chi connectivity index (χ1n) is 10.4. The van der Waals surface area contributed by atoms with Crippen LogP contribution in [0.4, 0.5) is 4.79 Å². The Morgan fingerprint density at radius 2 is 1.56 bits per heavy atom. The summed E-state index contributed by atoms with van der Waals surface area (Å²) in [6.07, 6.45) is -1.43. The summed E-state index contributed by atoms with van der Waals surface area (Å²) in [4.78, 5) is 37.9. The molecule has 0 bridgehead atoms. The number of para-hydroxylation sites is 1. The number of β-lactam (4-membered cyclic amide) rings is 1. The van der Waals surface area contributed by atoms with Gasteiger partial charge in [0.15, 0.2) is 6.04 Å². The molecule has 0 aliphatic carbocycles. The van der Waals surface area contributed by atoms with Gasteiger partial charge in [-0.15, -0.1) is 0 Å². The molecule has 8 heteroatoms. The summed E-state index contributed by atoms with van der Waals surface area (Å²) in [6.45, 7) is 7.15. The normalized spacial score (nSPS) is 19.6. The van der Waals surface area contributed by atoms with E-state index in [-0.39, 0.29) is 12.5 Å². The lowest BCUT2D eigenvalue weighted by Gasteiger charge is -2.43. The zero-order valence-electron chi connectivity index (χ0n) is 18.7. The molecule has 0 unspecified atom stereocenters. The molecule has 1 aliphatic rings. The predicted octanol–water partition coefficient (Wildman–Crippen LogP) is 2.74. The van der Waals surface area contributed by atoms with Crippen molar-refractivity contribution in [3.05, 3.63) is 66.2 Å². The average Bonchev–Trinajstić information content (AvgIpc) is 2.76. The van der Waals surface area contributed by atoms with Crippen molar-refractivity contribution in [3.8, 4) is 5.75 Å². The van der Waals surface area contributed by atoms with Crippen LogP contribution in [0.2, 0.25) is 0 Å². The van der Waals surface area contributed by atoms with E-state index in [0.717, 1.165) is 5.56 Å². The highest BCUT2D eigenvalue weighted by Crippen LogP contribution is 2.31. The fraction of sp³-hybridized carbons (Fsp3) is 0.375. The van der Waals surface area contributed by atoms with Crippen molar-refractivity contribution in [1.82, 2.24) is 16.0 Å². The third kappa shape index (κ3) is 5.19. The van der Waals surface area contributed by atoms with Crippen LogP contribution in [-0.4, -0.2) is 35.7 Å². The van der Waals surface area contributed by atoms with Crippen LogP contribution < -0.4 is 20.7 Å². The van der Waals surface area contributed by atoms with E-state index in [2.05, 4.69) is 16.0 Å². The lowest BCUT2D eigenvalue weighted by molar-refractivity contribution is -0.146. The van der Waals surface area contributed by atoms with Crippen molar-refractivity contribution in [3.63, 3.8) is 0 Å². The molecule has 1 heterocycles. The zero-order chi connectivity index (χ0) is 23.4. The van der Waals surface area contributed by atoms with E-state index in [1.165, 1.54) is 0 Å². The standard InChI is InChI=1S/C24H29N3O5/c1-23(2,3)24(4,27-22(30)31-15-16-11-7-5-8-12-16)21(29)25-18-19(28)26-20(18)32-17-13-9-6-10-14-17/h5-14,18,20H,15H2,1-4H3,(H,25,29)(H,26,28)(H,27,30)/t18-,20+,24-/m1/s1. The first kappa shape index (κ1) is 23.1. The highest BCUT2D eigenvalue weighted by atomic mass is 16.5. The highest BCUT2D eigenvalue weighted by Gasteiger charge is 2.50. The molecule has 2 aromatic rings. The van der Waals surface area contributed by atoms with Crippen LogP contribution >= 0.6 is 0 Å². The Labute approximate surface area is 187 Å². The number of amides is 3. The monoisotopic (exact) mass is 439 g/mol. The van der Waals surface area contributed by atoms with Crippen molar-refractivity contribution >= 4 is 17.9 Å². The van der Waals surface area contributed by atoms with E-state index in [1.54, 1.807) is 19.1 Å². The fourth-order valence-corrected chi connectivity index (χ4v) is 3.07. The van der Waals surface area contributed by atoms with Gasteiger partial charge in [-0.1, -0.05) is 69.3 Å². The van der Waals surface area contributed by atoms with Gasteiger partial charge >= 0.3 is 6.09 Å². The van der Waals surface area contributed by atoms with Gasteiger partial charge in [0.05, 0.1) is 0 Å². The summed E-state index contributed by atoms with van der Waals surface area (Å²) in [7, 11) is 0. The van der Waals surface area contributed by atoms with Crippen molar-refractivity contribution in [2.24, 2.45) is 5.41 Å². The van der Waals surface area contributed by atoms with Gasteiger partial charge in [-0.25, -0.2) is 4.79 Å². The number of carbonyl (C=O) groups excluding carboxylic acids is 3. The maximum Gasteiger partial charge on any atom is 0.408 e. The van der Waals surface area contributed by atoms with Gasteiger partial charge in [0.25, 0.3) is 5.91 Å². The van der Waals surface area contributed by atoms with Crippen molar-refractivity contribution in [2.75, 3.05) is 0 Å². The van der Waals surface area contributed by atoms with E-state index >= 15 is 0 Å². The first-order valence-corrected chi connectivity index (χ1v) is 10.4. The van der Waals surface area contributed by atoms with Gasteiger partial charge in [0.1, 0.15) is 17.9 Å². The summed E-state index contributed by atoms with van der Waals surface area (Å²) >= 11 is 0. The summed E-state index contributed by atoms with van der Waals surface area (Å²) in [5.41, 5.74) is -1.20. The Morgan fingerprint density at radius 1 is 0.969 bits per heavy atom. The highest BCUT2D eigenvalue weighted by molar-refractivity contribution is 5.97. The molecule has 3 atom stereocenters. The van der Waals surface area contributed by atoms with E-state index < -0.39 is 35.2 Å². The van der Waals surface area contributed by atoms with E-state index in [4.69, 9.17) is 9.47 Å². The topological polar surface area (TPSA) is 106 Å². The van der Waals surface area contributed by atoms with Gasteiger partial charge in [-0.2, -0.15) is 0 Å². The smallest absolute Gasteiger partial charge is 0.408 e. The second-order valence-corrected chi connectivity index (χ2v) is 8.87. The minimum Gasteiger partial charge on any atom is -0.468 e. The van der Waals surface area contributed by atoms with Crippen LogP contribution in [0.1, 0.15) is 33.3 Å². The number of alkyl carbamates (subject to hydrolysis) is 1. The van der Waals surface area contributed by atoms with Crippen LogP contribution in [-0.2, 0) is 20.9 Å². The Morgan fingerprint density at radius 3 is 2.12 bits per heavy atom. The van der Waals surface area contributed by atoms with Crippen molar-refractivity contribution < 1.29 is 23.9 Å². The van der Waals surface area contributed by atoms with Crippen LogP contribution in [0.3, 0.4) is 0 Å². The predicted molar refractivity (Wildman–Crippen MR) is 119 cm³/mol. The molecule has 0 spiro atoms. The Hall–Kier alpha value is -3.55. The van der Waals surface area contributed by atoms with Gasteiger partial charge in [-0.05, 0) is 30.0 Å².